The molecule has 4 N–H and O–H groups in total. The lowest BCUT2D eigenvalue weighted by molar-refractivity contribution is -0.385. The largest absolute Gasteiger partial charge is 0.463 e. The summed E-state index contributed by atoms with van der Waals surface area (Å²) >= 11 is 0. The van der Waals surface area contributed by atoms with Crippen molar-refractivity contribution in [1.29, 1.82) is 0 Å². The summed E-state index contributed by atoms with van der Waals surface area (Å²) in [5.74, 6) is 0.155. The maximum absolute atomic E-state index is 8.77. The highest BCUT2D eigenvalue weighted by Crippen LogP contribution is 2.01. The van der Waals surface area contributed by atoms with Crippen molar-refractivity contribution >= 4 is 11.6 Å². The Hall–Kier alpha value is -1.97. The van der Waals surface area contributed by atoms with E-state index in [1.54, 1.807) is 19.3 Å². The van der Waals surface area contributed by atoms with Crippen molar-refractivity contribution in [2.24, 2.45) is 0 Å². The second-order valence-corrected chi connectivity index (χ2v) is 2.70. The smallest absolute Gasteiger partial charge is 0.334 e. The minimum atomic E-state index is 0.155. The van der Waals surface area contributed by atoms with Crippen LogP contribution in [0.25, 0.3) is 0 Å². The number of aliphatic hydroxyl groups excluding tert-OH is 1. The van der Waals surface area contributed by atoms with Crippen LogP contribution in [0.5, 0.6) is 0 Å². The number of hydrogen-bond donors (Lipinski definition) is 4. The lowest BCUT2D eigenvalue weighted by Crippen LogP contribution is -2.65. The Morgan fingerprint density at radius 1 is 1.36 bits per heavy atom. The van der Waals surface area contributed by atoms with Gasteiger partial charge in [-0.3, -0.25) is 0 Å². The predicted molar refractivity (Wildman–Crippen MR) is 56.6 cm³/mol. The average molecular weight is 192 g/mol. The molecule has 4 heteroatoms. The highest BCUT2D eigenvalue weighted by molar-refractivity contribution is 5.63. The topological polar surface area (TPSA) is 58.3 Å². The summed E-state index contributed by atoms with van der Waals surface area (Å²) < 4.78 is 0. The van der Waals surface area contributed by atoms with Crippen LogP contribution < -0.4 is 15.8 Å². The first kappa shape index (κ1) is 10.1. The molecule has 4 nitrogen and oxygen atoms in total. The number of anilines is 1. The molecule has 0 amide bonds. The molecule has 1 rings (SSSR count). The Bertz CT molecular complexity index is 315. The quantitative estimate of drug-likeness (QED) is 0.311. The predicted octanol–water partition coefficient (Wildman–Crippen LogP) is 0.131. The zero-order valence-electron chi connectivity index (χ0n) is 7.99. The van der Waals surface area contributed by atoms with Gasteiger partial charge in [0.25, 0.3) is 0 Å². The van der Waals surface area contributed by atoms with Gasteiger partial charge in [-0.1, -0.05) is 18.2 Å². The van der Waals surface area contributed by atoms with Crippen LogP contribution in [-0.4, -0.2) is 11.0 Å². The van der Waals surface area contributed by atoms with Crippen LogP contribution in [0.1, 0.15) is 6.92 Å². The second kappa shape index (κ2) is 5.64. The van der Waals surface area contributed by atoms with Gasteiger partial charge in [-0.15, -0.1) is 0 Å². The molecule has 0 aliphatic carbocycles. The molecule has 14 heavy (non-hydrogen) atoms. The minimum Gasteiger partial charge on any atom is -0.463 e. The van der Waals surface area contributed by atoms with Gasteiger partial charge >= 0.3 is 5.90 Å². The summed E-state index contributed by atoms with van der Waals surface area (Å²) in [6.07, 6.45) is 3.23. The average Bonchev–Trinajstić information content (AvgIpc) is 2.18. The van der Waals surface area contributed by atoms with E-state index < -0.39 is 0 Å². The number of benzene rings is 1. The first-order chi connectivity index (χ1) is 6.79. The third-order valence-corrected chi connectivity index (χ3v) is 1.45. The maximum Gasteiger partial charge on any atom is 0.334 e. The third-order valence-electron chi connectivity index (χ3n) is 1.45. The molecule has 0 aliphatic rings. The zero-order chi connectivity index (χ0) is 10.2. The molecule has 0 saturated heterocycles. The minimum absolute atomic E-state index is 0.155. The van der Waals surface area contributed by atoms with Crippen LogP contribution in [0.15, 0.2) is 42.7 Å². The van der Waals surface area contributed by atoms with Gasteiger partial charge in [0, 0.05) is 0 Å². The van der Waals surface area contributed by atoms with Crippen LogP contribution in [-0.2, 0) is 0 Å². The Morgan fingerprint density at radius 3 is 2.71 bits per heavy atom. The van der Waals surface area contributed by atoms with E-state index in [4.69, 9.17) is 5.11 Å². The van der Waals surface area contributed by atoms with Crippen molar-refractivity contribution in [2.75, 3.05) is 5.43 Å². The van der Waals surface area contributed by atoms with E-state index in [1.807, 2.05) is 30.3 Å². The highest BCUT2D eigenvalue weighted by atomic mass is 16.3. The van der Waals surface area contributed by atoms with Gasteiger partial charge in [0.05, 0.1) is 18.8 Å². The van der Waals surface area contributed by atoms with Crippen LogP contribution in [0.4, 0.5) is 5.69 Å². The fourth-order valence-corrected chi connectivity index (χ4v) is 0.850. The number of nitrogens with one attached hydrogen (secondary N) is 3. The van der Waals surface area contributed by atoms with E-state index in [1.165, 1.54) is 0 Å². The van der Waals surface area contributed by atoms with Crippen LogP contribution in [0.2, 0.25) is 0 Å². The van der Waals surface area contributed by atoms with Gasteiger partial charge < -0.3 is 16.0 Å². The van der Waals surface area contributed by atoms with E-state index in [9.17, 15) is 0 Å². The molecule has 0 atom stereocenters. The van der Waals surface area contributed by atoms with Gasteiger partial charge in [0.15, 0.2) is 6.20 Å². The fourth-order valence-electron chi connectivity index (χ4n) is 0.850. The number of hydrazine groups is 1. The molecule has 0 aliphatic heterocycles. The van der Waals surface area contributed by atoms with E-state index in [0.29, 0.717) is 0 Å². The zero-order valence-corrected chi connectivity index (χ0v) is 7.99. The lowest BCUT2D eigenvalue weighted by Gasteiger charge is -2.02. The number of hydrogen-bond acceptors (Lipinski definition) is 2. The Morgan fingerprint density at radius 2 is 2.07 bits per heavy atom. The van der Waals surface area contributed by atoms with Crippen LogP contribution in [0, 0.1) is 0 Å². The molecule has 0 saturated carbocycles. The van der Waals surface area contributed by atoms with E-state index in [0.717, 1.165) is 5.69 Å². The van der Waals surface area contributed by atoms with Crippen molar-refractivity contribution in [3.63, 3.8) is 0 Å². The van der Waals surface area contributed by atoms with E-state index >= 15 is 0 Å². The molecule has 1 aromatic carbocycles. The Labute approximate surface area is 83.0 Å². The van der Waals surface area contributed by atoms with Crippen molar-refractivity contribution in [3.05, 3.63) is 42.7 Å². The summed E-state index contributed by atoms with van der Waals surface area (Å²) in [7, 11) is 0. The highest BCUT2D eigenvalue weighted by Gasteiger charge is 1.85. The van der Waals surface area contributed by atoms with Crippen molar-refractivity contribution in [1.82, 2.24) is 5.43 Å². The van der Waals surface area contributed by atoms with Gasteiger partial charge in [-0.05, 0) is 12.1 Å². The van der Waals surface area contributed by atoms with Crippen molar-refractivity contribution < 1.29 is 10.1 Å². The van der Waals surface area contributed by atoms with E-state index in [-0.39, 0.29) is 5.90 Å². The van der Waals surface area contributed by atoms with Gasteiger partial charge in [-0.25, -0.2) is 0 Å². The SMILES string of the molecule is CC(O)=[NH+]/C=C\NNc1ccccc1. The third kappa shape index (κ3) is 4.15. The molecular formula is C10H14N3O+. The first-order valence-electron chi connectivity index (χ1n) is 4.29. The molecule has 1 aromatic rings. The van der Waals surface area contributed by atoms with Crippen LogP contribution >= 0.6 is 0 Å². The normalized spacial score (nSPS) is 11.6. The van der Waals surface area contributed by atoms with E-state index in [2.05, 4.69) is 15.8 Å². The molecule has 0 heterocycles. The molecule has 0 fully saturated rings. The Balaban J connectivity index is 2.29. The molecule has 0 radical (unpaired) electrons. The standard InChI is InChI=1S/C10H13N3O/c1-9(14)11-7-8-12-13-10-5-3-2-4-6-10/h2-8,12-13H,1H3,(H,11,14)/p+1/b8-7-. The van der Waals surface area contributed by atoms with Gasteiger partial charge in [-0.2, -0.15) is 4.99 Å². The molecule has 0 spiro atoms. The second-order valence-electron chi connectivity index (χ2n) is 2.70. The molecular weight excluding hydrogens is 178 g/mol. The fraction of sp³-hybridized carbons (Fsp3) is 0.100. The summed E-state index contributed by atoms with van der Waals surface area (Å²) in [6, 6.07) is 9.72. The summed E-state index contributed by atoms with van der Waals surface area (Å²) in [5, 5.41) is 8.77. The summed E-state index contributed by atoms with van der Waals surface area (Å²) in [5.41, 5.74) is 6.76. The maximum atomic E-state index is 8.77. The van der Waals surface area contributed by atoms with Crippen molar-refractivity contribution in [2.45, 2.75) is 6.92 Å². The van der Waals surface area contributed by atoms with Crippen molar-refractivity contribution in [3.8, 4) is 0 Å². The summed E-state index contributed by atoms with van der Waals surface area (Å²) in [4.78, 5) is 2.62. The monoisotopic (exact) mass is 192 g/mol. The number of para-hydroxylation sites is 1. The van der Waals surface area contributed by atoms with Gasteiger partial charge in [0.2, 0.25) is 0 Å². The lowest BCUT2D eigenvalue weighted by atomic mass is 10.3. The number of aliphatic hydroxyl groups is 1. The molecule has 0 aromatic heterocycles. The molecule has 74 valence electrons. The Kier molecular flexibility index (Phi) is 4.07. The molecule has 0 bridgehead atoms. The first-order valence-corrected chi connectivity index (χ1v) is 4.29. The van der Waals surface area contributed by atoms with Gasteiger partial charge in [0.1, 0.15) is 0 Å². The summed E-state index contributed by atoms with van der Waals surface area (Å²) in [6.45, 7) is 1.56. The van der Waals surface area contributed by atoms with Crippen LogP contribution in [0.3, 0.4) is 0 Å². The number of rotatable bonds is 4. The molecule has 0 unspecified atom stereocenters.